The molecule has 3 N–H and O–H groups in total. The Labute approximate surface area is 230 Å². The molecule has 1 aromatic heterocycles. The quantitative estimate of drug-likeness (QED) is 0.350. The zero-order valence-corrected chi connectivity index (χ0v) is 23.2. The summed E-state index contributed by atoms with van der Waals surface area (Å²) in [6, 6.07) is 12.5. The Bertz CT molecular complexity index is 1440. The van der Waals surface area contributed by atoms with Crippen LogP contribution in [0.3, 0.4) is 0 Å². The summed E-state index contributed by atoms with van der Waals surface area (Å²) >= 11 is 1.41. The van der Waals surface area contributed by atoms with Crippen molar-refractivity contribution in [3.05, 3.63) is 54.1 Å². The number of likely N-dealkylation sites (N-methyl/N-ethyl adjacent to an activating group) is 1. The number of benzene rings is 2. The number of aromatic hydroxyl groups is 1. The van der Waals surface area contributed by atoms with Crippen LogP contribution in [0.5, 0.6) is 5.75 Å². The molecule has 3 aromatic rings. The molecule has 39 heavy (non-hydrogen) atoms. The van der Waals surface area contributed by atoms with Gasteiger partial charge in [-0.05, 0) is 42.7 Å². The lowest BCUT2D eigenvalue weighted by molar-refractivity contribution is -0.122. The van der Waals surface area contributed by atoms with Gasteiger partial charge in [0, 0.05) is 13.6 Å². The van der Waals surface area contributed by atoms with Crippen LogP contribution in [-0.4, -0.2) is 88.9 Å². The molecule has 13 heteroatoms. The van der Waals surface area contributed by atoms with E-state index in [1.165, 1.54) is 34.8 Å². The first-order valence-electron chi connectivity index (χ1n) is 12.7. The minimum absolute atomic E-state index is 0.112. The van der Waals surface area contributed by atoms with E-state index in [1.54, 1.807) is 24.0 Å². The molecule has 2 aromatic carbocycles. The Hall–Kier alpha value is -3.10. The maximum Gasteiger partial charge on any atom is 0.282 e. The van der Waals surface area contributed by atoms with Gasteiger partial charge >= 0.3 is 0 Å². The van der Waals surface area contributed by atoms with E-state index in [-0.39, 0.29) is 30.9 Å². The second kappa shape index (κ2) is 10.8. The van der Waals surface area contributed by atoms with Gasteiger partial charge in [-0.1, -0.05) is 42.5 Å². The van der Waals surface area contributed by atoms with Crippen LogP contribution >= 0.6 is 11.3 Å². The molecule has 11 nitrogen and oxygen atoms in total. The predicted octanol–water partition coefficient (Wildman–Crippen LogP) is 1.32. The first-order valence-corrected chi connectivity index (χ1v) is 14.9. The molecule has 2 fully saturated rings. The number of aliphatic hydroxyl groups excluding tert-OH is 1. The van der Waals surface area contributed by atoms with E-state index >= 15 is 0 Å². The van der Waals surface area contributed by atoms with Crippen molar-refractivity contribution in [2.45, 2.75) is 37.9 Å². The fraction of sp³-hybridized carbons (Fsp3) is 0.423. The van der Waals surface area contributed by atoms with Crippen LogP contribution in [0.25, 0.3) is 10.2 Å². The zero-order chi connectivity index (χ0) is 27.9. The maximum atomic E-state index is 13.6. The van der Waals surface area contributed by atoms with Gasteiger partial charge in [0.25, 0.3) is 10.2 Å². The van der Waals surface area contributed by atoms with Gasteiger partial charge in [0.05, 0.1) is 47.4 Å². The number of nitrogens with one attached hydrogen (secondary N) is 1. The minimum Gasteiger partial charge on any atom is -0.508 e. The smallest absolute Gasteiger partial charge is 0.282 e. The number of para-hydroxylation sites is 1. The third-order valence-electron chi connectivity index (χ3n) is 7.39. The van der Waals surface area contributed by atoms with Gasteiger partial charge in [0.1, 0.15) is 5.75 Å². The van der Waals surface area contributed by atoms with Gasteiger partial charge in [0.15, 0.2) is 5.13 Å². The average molecular weight is 574 g/mol. The van der Waals surface area contributed by atoms with Crippen LogP contribution in [0.4, 0.5) is 5.13 Å². The fourth-order valence-corrected chi connectivity index (χ4v) is 8.08. The number of hydrogen-bond donors (Lipinski definition) is 3. The number of amides is 2. The maximum absolute atomic E-state index is 13.6. The summed E-state index contributed by atoms with van der Waals surface area (Å²) in [6.45, 7) is 1.19. The molecule has 2 aliphatic rings. The van der Waals surface area contributed by atoms with E-state index in [4.69, 9.17) is 0 Å². The topological polar surface area (TPSA) is 143 Å². The van der Waals surface area contributed by atoms with Crippen LogP contribution in [0, 0.1) is 5.92 Å². The molecule has 0 aliphatic carbocycles. The van der Waals surface area contributed by atoms with Crippen molar-refractivity contribution < 1.29 is 28.2 Å². The van der Waals surface area contributed by atoms with Crippen LogP contribution in [0.15, 0.2) is 48.5 Å². The summed E-state index contributed by atoms with van der Waals surface area (Å²) in [5.41, 5.74) is 1.59. The van der Waals surface area contributed by atoms with E-state index in [0.717, 1.165) is 20.1 Å². The lowest BCUT2D eigenvalue weighted by Gasteiger charge is -2.29. The van der Waals surface area contributed by atoms with Crippen molar-refractivity contribution >= 4 is 48.7 Å². The highest BCUT2D eigenvalue weighted by Gasteiger charge is 2.56. The summed E-state index contributed by atoms with van der Waals surface area (Å²) in [7, 11) is -2.72. The Kier molecular flexibility index (Phi) is 7.62. The summed E-state index contributed by atoms with van der Waals surface area (Å²) in [5.74, 6) is -1.17. The monoisotopic (exact) mass is 573 g/mol. The first-order chi connectivity index (χ1) is 18.6. The van der Waals surface area contributed by atoms with Crippen molar-refractivity contribution in [2.75, 3.05) is 31.6 Å². The summed E-state index contributed by atoms with van der Waals surface area (Å²) in [4.78, 5) is 32.3. The van der Waals surface area contributed by atoms with Crippen LogP contribution < -0.4 is 10.2 Å². The first kappa shape index (κ1) is 27.5. The number of rotatable bonds is 9. The number of thiazole rings is 1. The molecule has 0 spiro atoms. The zero-order valence-electron chi connectivity index (χ0n) is 21.6. The van der Waals surface area contributed by atoms with Crippen LogP contribution in [-0.2, 0) is 26.2 Å². The number of carbonyl (C=O) groups is 2. The largest absolute Gasteiger partial charge is 0.508 e. The second-order valence-corrected chi connectivity index (χ2v) is 13.0. The molecule has 5 rings (SSSR count). The lowest BCUT2D eigenvalue weighted by Crippen LogP contribution is -2.51. The van der Waals surface area contributed by atoms with Crippen LogP contribution in [0.1, 0.15) is 18.9 Å². The number of hydrogen-bond acceptors (Lipinski definition) is 8. The summed E-state index contributed by atoms with van der Waals surface area (Å²) in [6.07, 6.45) is 0.783. The molecule has 0 bridgehead atoms. The molecular weight excluding hydrogens is 542 g/mol. The molecule has 2 aliphatic heterocycles. The SMILES string of the molecule is C[C@@H]1C(=O)N(c2nc3ccccc3s2)[C@H]2CCN(S(=O)(=O)N(C)CC(=O)N[C@H](CO)Cc3ccc(O)cc3)[C@H]12. The lowest BCUT2D eigenvalue weighted by atomic mass is 10.0. The van der Waals surface area contributed by atoms with Crippen molar-refractivity contribution in [3.8, 4) is 5.75 Å². The Morgan fingerprint density at radius 1 is 1.23 bits per heavy atom. The average Bonchev–Trinajstić information content (AvgIpc) is 3.59. The van der Waals surface area contributed by atoms with E-state index in [1.807, 2.05) is 24.3 Å². The van der Waals surface area contributed by atoms with Gasteiger partial charge in [-0.3, -0.25) is 14.5 Å². The number of nitrogens with zero attached hydrogens (tertiary/aromatic N) is 4. The number of fused-ring (bicyclic) bond motifs is 2. The fourth-order valence-electron chi connectivity index (χ4n) is 5.45. The van der Waals surface area contributed by atoms with Gasteiger partial charge in [-0.15, -0.1) is 0 Å². The van der Waals surface area contributed by atoms with E-state index in [2.05, 4.69) is 10.3 Å². The minimum atomic E-state index is -4.06. The predicted molar refractivity (Wildman–Crippen MR) is 148 cm³/mol. The molecule has 4 atom stereocenters. The van der Waals surface area contributed by atoms with E-state index in [9.17, 15) is 28.2 Å². The van der Waals surface area contributed by atoms with Gasteiger partial charge in [-0.2, -0.15) is 17.0 Å². The van der Waals surface area contributed by atoms with E-state index in [0.29, 0.717) is 18.0 Å². The number of aromatic nitrogens is 1. The molecule has 2 amide bonds. The summed E-state index contributed by atoms with van der Waals surface area (Å²) < 4.78 is 30.4. The Morgan fingerprint density at radius 2 is 1.95 bits per heavy atom. The van der Waals surface area contributed by atoms with E-state index < -0.39 is 40.7 Å². The molecule has 0 unspecified atom stereocenters. The molecular formula is C26H31N5O6S2. The standard InChI is InChI=1S/C26H31N5O6S2/c1-16-24-21(31(25(16)35)26-28-20-5-3-4-6-22(20)38-26)11-12-30(24)39(36,37)29(2)14-23(34)27-18(15-32)13-17-7-9-19(33)10-8-17/h3-10,16,18,21,24,32-33H,11-15H2,1-2H3,(H,27,34)/t16-,18-,21-,24+/m0/s1. The highest BCUT2D eigenvalue weighted by atomic mass is 32.2. The van der Waals surface area contributed by atoms with Gasteiger partial charge < -0.3 is 15.5 Å². The highest BCUT2D eigenvalue weighted by Crippen LogP contribution is 2.42. The second-order valence-electron chi connectivity index (χ2n) is 10.00. The van der Waals surface area contributed by atoms with Gasteiger partial charge in [-0.25, -0.2) is 4.98 Å². The third-order valence-corrected chi connectivity index (χ3v) is 10.4. The number of carbonyl (C=O) groups excluding carboxylic acids is 2. The Morgan fingerprint density at radius 3 is 2.64 bits per heavy atom. The number of aliphatic hydroxyl groups is 1. The Balaban J connectivity index is 1.26. The molecule has 208 valence electrons. The third kappa shape index (κ3) is 5.24. The number of phenolic OH excluding ortho intramolecular Hbond substituents is 1. The van der Waals surface area contributed by atoms with Crippen LogP contribution in [0.2, 0.25) is 0 Å². The molecule has 0 saturated carbocycles. The number of phenols is 1. The molecule has 3 heterocycles. The van der Waals surface area contributed by atoms with Crippen molar-refractivity contribution in [1.82, 2.24) is 18.9 Å². The highest BCUT2D eigenvalue weighted by molar-refractivity contribution is 7.86. The number of anilines is 1. The molecule has 0 radical (unpaired) electrons. The van der Waals surface area contributed by atoms with Crippen molar-refractivity contribution in [3.63, 3.8) is 0 Å². The van der Waals surface area contributed by atoms with Crippen molar-refractivity contribution in [2.24, 2.45) is 5.92 Å². The molecule has 2 saturated heterocycles. The van der Waals surface area contributed by atoms with Crippen molar-refractivity contribution in [1.29, 1.82) is 0 Å². The van der Waals surface area contributed by atoms with Gasteiger partial charge in [0.2, 0.25) is 11.8 Å². The normalized spacial score (nSPS) is 22.5. The summed E-state index contributed by atoms with van der Waals surface area (Å²) in [5, 5.41) is 22.4.